The summed E-state index contributed by atoms with van der Waals surface area (Å²) in [6.07, 6.45) is 2.78. The third-order valence-corrected chi connectivity index (χ3v) is 4.84. The first kappa shape index (κ1) is 20.6. The van der Waals surface area contributed by atoms with Gasteiger partial charge in [-0.15, -0.1) is 0 Å². The fourth-order valence-electron chi connectivity index (χ4n) is 2.69. The van der Waals surface area contributed by atoms with Crippen LogP contribution in [-0.2, 0) is 0 Å². The van der Waals surface area contributed by atoms with Crippen molar-refractivity contribution >= 4 is 63.3 Å². The van der Waals surface area contributed by atoms with Gasteiger partial charge in [0.05, 0.1) is 45.1 Å². The van der Waals surface area contributed by atoms with E-state index in [1.54, 1.807) is 0 Å². The molecule has 1 aliphatic heterocycles. The van der Waals surface area contributed by atoms with Crippen LogP contribution in [0, 0.1) is 10.7 Å². The van der Waals surface area contributed by atoms with Gasteiger partial charge in [-0.1, -0.05) is 6.08 Å². The maximum absolute atomic E-state index is 8.72. The van der Waals surface area contributed by atoms with E-state index in [9.17, 15) is 0 Å². The molecule has 2 aromatic carbocycles. The number of benzene rings is 2. The Morgan fingerprint density at radius 1 is 0.966 bits per heavy atom. The monoisotopic (exact) mass is 415 g/mol. The van der Waals surface area contributed by atoms with Crippen molar-refractivity contribution in [2.75, 3.05) is 0 Å². The SMILES string of the molecule is CC(=Nc1ccc(N=C=S)cc1)C1=CCC(C(C)=Nc2ccc(SC#N)cc2)=N1. The van der Waals surface area contributed by atoms with Gasteiger partial charge in [-0.3, -0.25) is 9.98 Å². The van der Waals surface area contributed by atoms with Crippen LogP contribution in [0.5, 0.6) is 0 Å². The molecule has 0 N–H and O–H groups in total. The largest absolute Gasteiger partial charge is 0.252 e. The Hall–Kier alpha value is -3.17. The van der Waals surface area contributed by atoms with Crippen molar-refractivity contribution in [3.05, 3.63) is 60.3 Å². The standard InChI is InChI=1S/C22H17N5S2/c1-15(25-18-5-3-17(4-6-18)24-14-28)21-11-12-22(27-21)16(2)26-19-7-9-20(10-8-19)29-13-23/h3-11H,12H2,1-2H3. The molecule has 5 nitrogen and oxygen atoms in total. The first-order valence-electron chi connectivity index (χ1n) is 8.82. The van der Waals surface area contributed by atoms with Crippen LogP contribution in [0.4, 0.5) is 17.1 Å². The Balaban J connectivity index is 1.72. The van der Waals surface area contributed by atoms with Crippen molar-refractivity contribution in [2.24, 2.45) is 20.0 Å². The van der Waals surface area contributed by atoms with E-state index in [1.807, 2.05) is 62.4 Å². The van der Waals surface area contributed by atoms with Gasteiger partial charge in [0, 0.05) is 11.3 Å². The van der Waals surface area contributed by atoms with E-state index in [1.165, 1.54) is 0 Å². The number of aliphatic imine (C=N–C) groups is 4. The number of hydrogen-bond donors (Lipinski definition) is 0. The number of thiocarbonyl (C=S) groups is 1. The molecule has 0 spiro atoms. The minimum Gasteiger partial charge on any atom is -0.252 e. The molecule has 29 heavy (non-hydrogen) atoms. The van der Waals surface area contributed by atoms with Gasteiger partial charge >= 0.3 is 0 Å². The second kappa shape index (κ2) is 9.85. The van der Waals surface area contributed by atoms with Gasteiger partial charge in [0.2, 0.25) is 0 Å². The molecule has 1 heterocycles. The molecular weight excluding hydrogens is 398 g/mol. The van der Waals surface area contributed by atoms with Crippen LogP contribution in [-0.4, -0.2) is 22.3 Å². The Morgan fingerprint density at radius 3 is 2.17 bits per heavy atom. The molecule has 0 amide bonds. The molecule has 2 aromatic rings. The predicted octanol–water partition coefficient (Wildman–Crippen LogP) is 6.61. The number of hydrogen-bond acceptors (Lipinski definition) is 7. The normalized spacial score (nSPS) is 14.0. The second-order valence-electron chi connectivity index (χ2n) is 6.15. The van der Waals surface area contributed by atoms with Crippen molar-refractivity contribution in [1.29, 1.82) is 5.26 Å². The molecule has 7 heteroatoms. The quantitative estimate of drug-likeness (QED) is 0.231. The van der Waals surface area contributed by atoms with E-state index < -0.39 is 0 Å². The number of nitriles is 1. The van der Waals surface area contributed by atoms with E-state index in [0.29, 0.717) is 0 Å². The van der Waals surface area contributed by atoms with Crippen molar-refractivity contribution in [1.82, 2.24) is 0 Å². The molecule has 1 aliphatic rings. The Morgan fingerprint density at radius 2 is 1.55 bits per heavy atom. The maximum Gasteiger partial charge on any atom is 0.138 e. The Labute approximate surface area is 179 Å². The molecule has 3 rings (SSSR count). The third kappa shape index (κ3) is 5.66. The Kier molecular flexibility index (Phi) is 6.99. The van der Waals surface area contributed by atoms with Crippen LogP contribution >= 0.6 is 24.0 Å². The Bertz CT molecular complexity index is 1110. The number of thiocyanates is 1. The fraction of sp³-hybridized carbons (Fsp3) is 0.136. The summed E-state index contributed by atoms with van der Waals surface area (Å²) in [4.78, 5) is 18.8. The smallest absolute Gasteiger partial charge is 0.138 e. The molecule has 142 valence electrons. The van der Waals surface area contributed by atoms with Crippen molar-refractivity contribution in [2.45, 2.75) is 25.2 Å². The highest BCUT2D eigenvalue weighted by Gasteiger charge is 2.13. The summed E-state index contributed by atoms with van der Waals surface area (Å²) < 4.78 is 0. The number of thioether (sulfide) groups is 1. The molecular formula is C22H17N5S2. The van der Waals surface area contributed by atoms with E-state index in [0.717, 1.165) is 63.0 Å². The van der Waals surface area contributed by atoms with Crippen LogP contribution in [0.15, 0.2) is 85.2 Å². The summed E-state index contributed by atoms with van der Waals surface area (Å²) in [6.45, 7) is 3.90. The minimum absolute atomic E-state index is 0.724. The molecule has 0 radical (unpaired) electrons. The molecule has 0 saturated carbocycles. The molecule has 0 aliphatic carbocycles. The number of nitrogens with zero attached hydrogens (tertiary/aromatic N) is 5. The number of isothiocyanates is 1. The maximum atomic E-state index is 8.72. The topological polar surface area (TPSA) is 73.2 Å². The van der Waals surface area contributed by atoms with E-state index >= 15 is 0 Å². The zero-order valence-corrected chi connectivity index (χ0v) is 17.6. The van der Waals surface area contributed by atoms with Crippen molar-refractivity contribution in [3.63, 3.8) is 0 Å². The fourth-order valence-corrected chi connectivity index (χ4v) is 3.18. The van der Waals surface area contributed by atoms with E-state index in [2.05, 4.69) is 43.8 Å². The minimum atomic E-state index is 0.724. The zero-order chi connectivity index (χ0) is 20.6. The predicted molar refractivity (Wildman–Crippen MR) is 125 cm³/mol. The van der Waals surface area contributed by atoms with Crippen molar-refractivity contribution in [3.8, 4) is 5.40 Å². The first-order chi connectivity index (χ1) is 14.1. The number of rotatable bonds is 6. The van der Waals surface area contributed by atoms with E-state index in [-0.39, 0.29) is 0 Å². The summed E-state index contributed by atoms with van der Waals surface area (Å²) in [5.41, 5.74) is 5.92. The van der Waals surface area contributed by atoms with Crippen LogP contribution in [0.2, 0.25) is 0 Å². The third-order valence-electron chi connectivity index (χ3n) is 4.15. The summed E-state index contributed by atoms with van der Waals surface area (Å²) in [5.74, 6) is 0. The highest BCUT2D eigenvalue weighted by molar-refractivity contribution is 8.03. The summed E-state index contributed by atoms with van der Waals surface area (Å²) >= 11 is 5.74. The molecule has 0 atom stereocenters. The summed E-state index contributed by atoms with van der Waals surface area (Å²) in [7, 11) is 0. The van der Waals surface area contributed by atoms with Crippen LogP contribution in [0.3, 0.4) is 0 Å². The van der Waals surface area contributed by atoms with Gasteiger partial charge in [0.1, 0.15) is 5.40 Å². The lowest BCUT2D eigenvalue weighted by Crippen LogP contribution is -2.06. The molecule has 0 bridgehead atoms. The average Bonchev–Trinajstić information content (AvgIpc) is 3.22. The number of allylic oxidation sites excluding steroid dienone is 2. The molecule has 0 aromatic heterocycles. The van der Waals surface area contributed by atoms with Gasteiger partial charge in [0.15, 0.2) is 0 Å². The van der Waals surface area contributed by atoms with Gasteiger partial charge in [-0.2, -0.15) is 10.3 Å². The highest BCUT2D eigenvalue weighted by Crippen LogP contribution is 2.23. The van der Waals surface area contributed by atoms with Gasteiger partial charge in [-0.05, 0) is 86.4 Å². The van der Waals surface area contributed by atoms with Crippen LogP contribution in [0.1, 0.15) is 20.3 Å². The second-order valence-corrected chi connectivity index (χ2v) is 7.19. The van der Waals surface area contributed by atoms with Crippen LogP contribution in [0.25, 0.3) is 0 Å². The molecule has 0 unspecified atom stereocenters. The van der Waals surface area contributed by atoms with E-state index in [4.69, 9.17) is 10.3 Å². The summed E-state index contributed by atoms with van der Waals surface area (Å²) in [5, 5.41) is 13.1. The highest BCUT2D eigenvalue weighted by atomic mass is 32.2. The first-order valence-corrected chi connectivity index (χ1v) is 10.0. The molecule has 0 saturated heterocycles. The lowest BCUT2D eigenvalue weighted by molar-refractivity contribution is 1.40. The lowest BCUT2D eigenvalue weighted by Gasteiger charge is -2.02. The lowest BCUT2D eigenvalue weighted by atomic mass is 10.2. The zero-order valence-electron chi connectivity index (χ0n) is 16.0. The van der Waals surface area contributed by atoms with Gasteiger partial charge in [-0.25, -0.2) is 4.99 Å². The summed E-state index contributed by atoms with van der Waals surface area (Å²) in [6, 6.07) is 15.0. The van der Waals surface area contributed by atoms with Gasteiger partial charge < -0.3 is 0 Å². The van der Waals surface area contributed by atoms with Gasteiger partial charge in [0.25, 0.3) is 0 Å². The van der Waals surface area contributed by atoms with Crippen molar-refractivity contribution < 1.29 is 0 Å². The molecule has 0 fully saturated rings. The average molecular weight is 416 g/mol. The van der Waals surface area contributed by atoms with Crippen LogP contribution < -0.4 is 0 Å².